The first-order valence-corrected chi connectivity index (χ1v) is 12.7. The summed E-state index contributed by atoms with van der Waals surface area (Å²) in [6, 6.07) is 12.1. The smallest absolute Gasteiger partial charge is 0.323 e. The maximum Gasteiger partial charge on any atom is 0.323 e. The van der Waals surface area contributed by atoms with Gasteiger partial charge in [0.1, 0.15) is 6.04 Å². The number of carboxylic acid groups (broad SMARTS) is 1. The predicted molar refractivity (Wildman–Crippen MR) is 132 cm³/mol. The number of nitrogens with one attached hydrogen (secondary N) is 3. The topological polar surface area (TPSA) is 171 Å². The Morgan fingerprint density at radius 2 is 1.78 bits per heavy atom. The molecule has 1 aromatic heterocycles. The van der Waals surface area contributed by atoms with Gasteiger partial charge in [-0.3, -0.25) is 14.4 Å². The van der Waals surface area contributed by atoms with Gasteiger partial charge in [0, 0.05) is 49.7 Å². The second-order valence-corrected chi connectivity index (χ2v) is 9.85. The monoisotopic (exact) mass is 524 g/mol. The zero-order valence-corrected chi connectivity index (χ0v) is 20.3. The van der Waals surface area contributed by atoms with Gasteiger partial charge in [0.2, 0.25) is 16.0 Å². The highest BCUT2D eigenvalue weighted by atomic mass is 32.2. The molecule has 4 rings (SSSR count). The van der Waals surface area contributed by atoms with Gasteiger partial charge < -0.3 is 20.6 Å². The molecule has 0 saturated heterocycles. The van der Waals surface area contributed by atoms with E-state index >= 15 is 0 Å². The summed E-state index contributed by atoms with van der Waals surface area (Å²) >= 11 is 0. The molecule has 192 valence electrons. The Bertz CT molecular complexity index is 1400. The molecule has 2 aromatic carbocycles. The van der Waals surface area contributed by atoms with Gasteiger partial charge in [0.05, 0.1) is 4.90 Å². The molecule has 1 atom stereocenters. The van der Waals surface area contributed by atoms with Crippen LogP contribution in [0.3, 0.4) is 0 Å². The van der Waals surface area contributed by atoms with E-state index in [0.717, 1.165) is 5.56 Å². The van der Waals surface area contributed by atoms with Crippen molar-refractivity contribution in [3.05, 3.63) is 83.7 Å². The number of nitrogens with zero attached hydrogens (tertiary/aromatic N) is 3. The molecule has 12 nitrogen and oxygen atoms in total. The van der Waals surface area contributed by atoms with E-state index in [1.807, 2.05) is 0 Å². The second-order valence-electron chi connectivity index (χ2n) is 8.13. The summed E-state index contributed by atoms with van der Waals surface area (Å²) in [6.07, 6.45) is 3.21. The van der Waals surface area contributed by atoms with E-state index in [1.54, 1.807) is 35.5 Å². The Morgan fingerprint density at radius 1 is 1.05 bits per heavy atom. The number of aliphatic carboxylic acids is 1. The molecule has 0 radical (unpaired) electrons. The molecule has 4 N–H and O–H groups in total. The lowest BCUT2D eigenvalue weighted by Crippen LogP contribution is -2.48. The van der Waals surface area contributed by atoms with Crippen LogP contribution in [0.1, 0.15) is 26.3 Å². The van der Waals surface area contributed by atoms with Crippen LogP contribution in [0, 0.1) is 0 Å². The Hall–Kier alpha value is -4.36. The molecule has 0 unspecified atom stereocenters. The molecular formula is C24H24N6O6S. The van der Waals surface area contributed by atoms with E-state index in [1.165, 1.54) is 36.4 Å². The summed E-state index contributed by atoms with van der Waals surface area (Å²) < 4.78 is 27.0. The molecule has 1 aliphatic rings. The molecular weight excluding hydrogens is 500 g/mol. The van der Waals surface area contributed by atoms with Gasteiger partial charge >= 0.3 is 5.97 Å². The van der Waals surface area contributed by atoms with Gasteiger partial charge in [-0.05, 0) is 35.9 Å². The summed E-state index contributed by atoms with van der Waals surface area (Å²) in [5.41, 5.74) is 1.29. The molecule has 0 aliphatic carbocycles. The van der Waals surface area contributed by atoms with E-state index < -0.39 is 34.5 Å². The number of hydrogen-bond donors (Lipinski definition) is 4. The number of anilines is 1. The van der Waals surface area contributed by atoms with E-state index in [4.69, 9.17) is 0 Å². The number of fused-ring (bicyclic) bond motifs is 1. The number of sulfonamides is 1. The summed E-state index contributed by atoms with van der Waals surface area (Å²) in [5, 5.41) is 14.9. The highest BCUT2D eigenvalue weighted by molar-refractivity contribution is 7.89. The van der Waals surface area contributed by atoms with Gasteiger partial charge in [0.25, 0.3) is 11.8 Å². The Morgan fingerprint density at radius 3 is 2.49 bits per heavy atom. The van der Waals surface area contributed by atoms with Crippen LogP contribution in [0.25, 0.3) is 0 Å². The first-order chi connectivity index (χ1) is 17.7. The second kappa shape index (κ2) is 11.1. The number of benzene rings is 2. The third-order valence-corrected chi connectivity index (χ3v) is 7.08. The van der Waals surface area contributed by atoms with Crippen molar-refractivity contribution < 1.29 is 27.9 Å². The lowest BCUT2D eigenvalue weighted by atomic mass is 10.1. The van der Waals surface area contributed by atoms with Gasteiger partial charge in [-0.2, -0.15) is 4.72 Å². The van der Waals surface area contributed by atoms with Gasteiger partial charge in [-0.1, -0.05) is 24.3 Å². The largest absolute Gasteiger partial charge is 0.480 e. The van der Waals surface area contributed by atoms with Crippen LogP contribution in [-0.4, -0.2) is 71.9 Å². The first kappa shape index (κ1) is 25.7. The maximum absolute atomic E-state index is 12.8. The molecule has 3 aromatic rings. The van der Waals surface area contributed by atoms with Crippen molar-refractivity contribution in [3.63, 3.8) is 0 Å². The van der Waals surface area contributed by atoms with Gasteiger partial charge in [-0.15, -0.1) is 0 Å². The van der Waals surface area contributed by atoms with Crippen LogP contribution in [0.4, 0.5) is 5.95 Å². The minimum Gasteiger partial charge on any atom is -0.480 e. The molecule has 0 fully saturated rings. The third-order valence-electron chi connectivity index (χ3n) is 5.60. The fourth-order valence-corrected chi connectivity index (χ4v) is 4.92. The highest BCUT2D eigenvalue weighted by Gasteiger charge is 2.29. The van der Waals surface area contributed by atoms with Crippen molar-refractivity contribution in [2.45, 2.75) is 17.5 Å². The predicted octanol–water partition coefficient (Wildman–Crippen LogP) is 0.706. The number of carbonyl (C=O) groups is 3. The third kappa shape index (κ3) is 6.26. The Balaban J connectivity index is 1.35. The SMILES string of the molecule is O=C(NC[C@H](NS(=O)(=O)c1ccccc1)C(=O)O)c1ccc2c(c1)C(=O)N(CCNc1ncccn1)C2. The standard InChI is InChI=1S/C24H24N6O6S/c31-21(28-14-20(23(33)34)29-37(35,36)18-5-2-1-3-6-18)16-7-8-17-15-30(22(32)19(17)13-16)12-11-27-24-25-9-4-10-26-24/h1-10,13,20,29H,11-12,14-15H2,(H,28,31)(H,33,34)(H,25,26,27)/t20-/m0/s1. The molecule has 13 heteroatoms. The van der Waals surface area contributed by atoms with Crippen LogP contribution in [0.15, 0.2) is 71.9 Å². The van der Waals surface area contributed by atoms with Crippen LogP contribution in [-0.2, 0) is 21.4 Å². The molecule has 0 saturated carbocycles. The van der Waals surface area contributed by atoms with E-state index in [-0.39, 0.29) is 16.4 Å². The molecule has 0 bridgehead atoms. The zero-order chi connectivity index (χ0) is 26.4. The Labute approximate surface area is 212 Å². The lowest BCUT2D eigenvalue weighted by Gasteiger charge is -2.16. The van der Waals surface area contributed by atoms with Crippen molar-refractivity contribution in [2.24, 2.45) is 0 Å². The van der Waals surface area contributed by atoms with Crippen molar-refractivity contribution >= 4 is 33.8 Å². The van der Waals surface area contributed by atoms with Crippen molar-refractivity contribution in [3.8, 4) is 0 Å². The minimum atomic E-state index is -4.11. The number of amides is 2. The molecule has 2 amide bonds. The molecule has 0 spiro atoms. The summed E-state index contributed by atoms with van der Waals surface area (Å²) in [4.78, 5) is 46.8. The van der Waals surface area contributed by atoms with Crippen LogP contribution in [0.5, 0.6) is 0 Å². The van der Waals surface area contributed by atoms with Gasteiger partial charge in [-0.25, -0.2) is 18.4 Å². The van der Waals surface area contributed by atoms with Crippen LogP contribution in [0.2, 0.25) is 0 Å². The number of aromatic nitrogens is 2. The number of carbonyl (C=O) groups excluding carboxylic acids is 2. The fourth-order valence-electron chi connectivity index (χ4n) is 3.71. The Kier molecular flexibility index (Phi) is 7.74. The van der Waals surface area contributed by atoms with Crippen LogP contribution >= 0.6 is 0 Å². The van der Waals surface area contributed by atoms with E-state index in [2.05, 4.69) is 25.3 Å². The fraction of sp³-hybridized carbons (Fsp3) is 0.208. The van der Waals surface area contributed by atoms with Crippen molar-refractivity contribution in [1.29, 1.82) is 0 Å². The summed E-state index contributed by atoms with van der Waals surface area (Å²) in [6.45, 7) is 0.724. The van der Waals surface area contributed by atoms with Crippen molar-refractivity contribution in [1.82, 2.24) is 24.9 Å². The van der Waals surface area contributed by atoms with Gasteiger partial charge in [0.15, 0.2) is 0 Å². The minimum absolute atomic E-state index is 0.0965. The number of carboxylic acids is 1. The molecule has 37 heavy (non-hydrogen) atoms. The van der Waals surface area contributed by atoms with Crippen molar-refractivity contribution in [2.75, 3.05) is 25.0 Å². The number of rotatable bonds is 11. The first-order valence-electron chi connectivity index (χ1n) is 11.3. The van der Waals surface area contributed by atoms with E-state index in [9.17, 15) is 27.9 Å². The normalized spacial score (nSPS) is 13.6. The maximum atomic E-state index is 12.8. The van der Waals surface area contributed by atoms with Crippen LogP contribution < -0.4 is 15.4 Å². The van der Waals surface area contributed by atoms with E-state index in [0.29, 0.717) is 31.1 Å². The average molecular weight is 525 g/mol. The quantitative estimate of drug-likeness (QED) is 0.282. The molecule has 2 heterocycles. The summed E-state index contributed by atoms with van der Waals surface area (Å²) in [5.74, 6) is -1.87. The molecule has 1 aliphatic heterocycles. The lowest BCUT2D eigenvalue weighted by molar-refractivity contribution is -0.138. The summed E-state index contributed by atoms with van der Waals surface area (Å²) in [7, 11) is -4.11. The highest BCUT2D eigenvalue weighted by Crippen LogP contribution is 2.23. The number of hydrogen-bond acceptors (Lipinski definition) is 8. The average Bonchev–Trinajstić information content (AvgIpc) is 3.22. The zero-order valence-electron chi connectivity index (χ0n) is 19.5.